The average Bonchev–Trinajstić information content (AvgIpc) is 2.32. The van der Waals surface area contributed by atoms with Crippen molar-refractivity contribution in [3.05, 3.63) is 0 Å². The third-order valence-electron chi connectivity index (χ3n) is 2.19. The standard InChI is InChI=1S/C6H13B3NO2/c1-6(2,10-3)5-4-11-8-7-9-12-5/h5,10H,4H2,1-3H3. The van der Waals surface area contributed by atoms with E-state index in [0.29, 0.717) is 6.61 Å². The van der Waals surface area contributed by atoms with Gasteiger partial charge in [-0.2, -0.15) is 0 Å². The summed E-state index contributed by atoms with van der Waals surface area (Å²) in [6.07, 6.45) is 0.0532. The average molecular weight is 164 g/mol. The Hall–Kier alpha value is 0.0748. The summed E-state index contributed by atoms with van der Waals surface area (Å²) in [5.41, 5.74) is -0.0669. The molecule has 1 fully saturated rings. The van der Waals surface area contributed by atoms with Crippen LogP contribution in [0.5, 0.6) is 0 Å². The van der Waals surface area contributed by atoms with Crippen molar-refractivity contribution < 1.29 is 9.31 Å². The molecule has 1 aliphatic rings. The van der Waals surface area contributed by atoms with Crippen molar-refractivity contribution in [2.24, 2.45) is 0 Å². The molecule has 0 bridgehead atoms. The molecule has 0 saturated carbocycles. The lowest BCUT2D eigenvalue weighted by Crippen LogP contribution is -2.51. The first-order chi connectivity index (χ1) is 5.67. The first-order valence-electron chi connectivity index (χ1n) is 4.11. The fourth-order valence-electron chi connectivity index (χ4n) is 0.949. The summed E-state index contributed by atoms with van der Waals surface area (Å²) in [6, 6.07) is 0. The van der Waals surface area contributed by atoms with E-state index < -0.39 is 0 Å². The maximum atomic E-state index is 5.46. The van der Waals surface area contributed by atoms with Crippen LogP contribution in [0.4, 0.5) is 0 Å². The van der Waals surface area contributed by atoms with Crippen LogP contribution >= 0.6 is 0 Å². The second-order valence-corrected chi connectivity index (χ2v) is 3.39. The van der Waals surface area contributed by atoms with Gasteiger partial charge >= 0.3 is 0 Å². The fraction of sp³-hybridized carbons (Fsp3) is 1.00. The zero-order valence-electron chi connectivity index (χ0n) is 7.83. The van der Waals surface area contributed by atoms with Crippen molar-refractivity contribution >= 4 is 21.8 Å². The minimum Gasteiger partial charge on any atom is -0.449 e. The second kappa shape index (κ2) is 4.35. The molecule has 1 N–H and O–H groups in total. The van der Waals surface area contributed by atoms with Crippen molar-refractivity contribution in [2.75, 3.05) is 13.7 Å². The topological polar surface area (TPSA) is 30.5 Å². The Balaban J connectivity index is 2.47. The quantitative estimate of drug-likeness (QED) is 0.540. The normalized spacial score (nSPS) is 24.8. The predicted molar refractivity (Wildman–Crippen MR) is 51.2 cm³/mol. The molecule has 1 atom stereocenters. The SMILES string of the molecule is CNC(C)(C)C1CO[B][B][B]O1. The minimum atomic E-state index is -0.0669. The van der Waals surface area contributed by atoms with Gasteiger partial charge in [-0.05, 0) is 20.9 Å². The molecule has 12 heavy (non-hydrogen) atoms. The zero-order chi connectivity index (χ0) is 9.03. The molecule has 0 aromatic rings. The molecule has 1 rings (SSSR count). The van der Waals surface area contributed by atoms with Gasteiger partial charge < -0.3 is 14.6 Å². The maximum Gasteiger partial charge on any atom is 0.235 e. The summed E-state index contributed by atoms with van der Waals surface area (Å²) >= 11 is 0. The van der Waals surface area contributed by atoms with Crippen LogP contribution < -0.4 is 5.32 Å². The van der Waals surface area contributed by atoms with E-state index in [1.807, 2.05) is 7.05 Å². The highest BCUT2D eigenvalue weighted by Gasteiger charge is 2.29. The molecule has 0 aromatic carbocycles. The van der Waals surface area contributed by atoms with Gasteiger partial charge in [-0.3, -0.25) is 0 Å². The van der Waals surface area contributed by atoms with E-state index in [1.54, 1.807) is 21.8 Å². The van der Waals surface area contributed by atoms with E-state index in [9.17, 15) is 0 Å². The molecule has 3 radical (unpaired) electrons. The molecule has 0 aromatic heterocycles. The Morgan fingerprint density at radius 1 is 1.42 bits per heavy atom. The maximum absolute atomic E-state index is 5.46. The van der Waals surface area contributed by atoms with E-state index in [4.69, 9.17) is 9.31 Å². The molecular weight excluding hydrogens is 151 g/mol. The van der Waals surface area contributed by atoms with Crippen molar-refractivity contribution in [1.29, 1.82) is 0 Å². The molecule has 1 unspecified atom stereocenters. The van der Waals surface area contributed by atoms with Gasteiger partial charge in [0.05, 0.1) is 12.7 Å². The van der Waals surface area contributed by atoms with Crippen LogP contribution in [-0.4, -0.2) is 47.1 Å². The summed E-state index contributed by atoms with van der Waals surface area (Å²) in [5.74, 6) is 0. The van der Waals surface area contributed by atoms with Crippen LogP contribution in [-0.2, 0) is 9.31 Å². The van der Waals surface area contributed by atoms with Crippen molar-refractivity contribution in [2.45, 2.75) is 25.5 Å². The summed E-state index contributed by atoms with van der Waals surface area (Å²) < 4.78 is 10.7. The fourth-order valence-corrected chi connectivity index (χ4v) is 0.949. The van der Waals surface area contributed by atoms with Gasteiger partial charge in [0.2, 0.25) is 14.7 Å². The third-order valence-corrected chi connectivity index (χ3v) is 2.19. The van der Waals surface area contributed by atoms with Crippen LogP contribution in [0.2, 0.25) is 0 Å². The van der Waals surface area contributed by atoms with Crippen LogP contribution in [0, 0.1) is 0 Å². The third kappa shape index (κ3) is 2.54. The number of likely N-dealkylation sites (N-methyl/N-ethyl adjacent to an activating group) is 1. The number of hydrogen-bond acceptors (Lipinski definition) is 3. The van der Waals surface area contributed by atoms with Gasteiger partial charge in [0.1, 0.15) is 7.06 Å². The van der Waals surface area contributed by atoms with E-state index >= 15 is 0 Å². The molecule has 0 spiro atoms. The van der Waals surface area contributed by atoms with Gasteiger partial charge in [0.25, 0.3) is 0 Å². The smallest absolute Gasteiger partial charge is 0.235 e. The summed E-state index contributed by atoms with van der Waals surface area (Å²) in [4.78, 5) is 0. The lowest BCUT2D eigenvalue weighted by Gasteiger charge is -2.33. The first kappa shape index (κ1) is 10.2. The molecule has 6 heteroatoms. The lowest BCUT2D eigenvalue weighted by molar-refractivity contribution is 0.0719. The lowest BCUT2D eigenvalue weighted by atomic mass is 9.32. The van der Waals surface area contributed by atoms with Crippen LogP contribution in [0.25, 0.3) is 0 Å². The van der Waals surface area contributed by atoms with Crippen molar-refractivity contribution in [1.82, 2.24) is 5.32 Å². The molecular formula is C6H13B3NO2. The summed E-state index contributed by atoms with van der Waals surface area (Å²) in [5, 5.41) is 3.19. The molecule has 1 heterocycles. The van der Waals surface area contributed by atoms with E-state index in [1.165, 1.54) is 0 Å². The van der Waals surface area contributed by atoms with Gasteiger partial charge in [0, 0.05) is 5.54 Å². The van der Waals surface area contributed by atoms with E-state index in [-0.39, 0.29) is 11.6 Å². The Morgan fingerprint density at radius 3 is 2.83 bits per heavy atom. The first-order valence-corrected chi connectivity index (χ1v) is 4.11. The largest absolute Gasteiger partial charge is 0.449 e. The van der Waals surface area contributed by atoms with E-state index in [2.05, 4.69) is 19.2 Å². The second-order valence-electron chi connectivity index (χ2n) is 3.39. The van der Waals surface area contributed by atoms with Crippen molar-refractivity contribution in [3.63, 3.8) is 0 Å². The molecule has 1 saturated heterocycles. The van der Waals surface area contributed by atoms with Crippen LogP contribution in [0.3, 0.4) is 0 Å². The highest BCUT2D eigenvalue weighted by Crippen LogP contribution is 2.13. The van der Waals surface area contributed by atoms with Gasteiger partial charge in [-0.1, -0.05) is 0 Å². The Bertz CT molecular complexity index is 137. The summed E-state index contributed by atoms with van der Waals surface area (Å²) in [7, 11) is 6.98. The van der Waals surface area contributed by atoms with Crippen LogP contribution in [0.1, 0.15) is 13.8 Å². The highest BCUT2D eigenvalue weighted by molar-refractivity contribution is 7.26. The van der Waals surface area contributed by atoms with Crippen LogP contribution in [0.15, 0.2) is 0 Å². The number of nitrogens with one attached hydrogen (secondary N) is 1. The molecule has 1 aliphatic heterocycles. The Labute approximate surface area is 76.3 Å². The molecule has 0 aliphatic carbocycles. The molecule has 3 nitrogen and oxygen atoms in total. The zero-order valence-corrected chi connectivity index (χ0v) is 7.83. The predicted octanol–water partition coefficient (Wildman–Crippen LogP) is -0.828. The molecule has 0 amide bonds. The number of hydrogen-bond donors (Lipinski definition) is 1. The van der Waals surface area contributed by atoms with Gasteiger partial charge in [0.15, 0.2) is 0 Å². The van der Waals surface area contributed by atoms with Gasteiger partial charge in [-0.25, -0.2) is 0 Å². The van der Waals surface area contributed by atoms with Gasteiger partial charge in [-0.15, -0.1) is 0 Å². The Kier molecular flexibility index (Phi) is 3.68. The minimum absolute atomic E-state index is 0.0532. The Morgan fingerprint density at radius 2 is 2.17 bits per heavy atom. The highest BCUT2D eigenvalue weighted by atomic mass is 16.5. The number of rotatable bonds is 2. The molecule has 63 valence electrons. The summed E-state index contributed by atoms with van der Waals surface area (Å²) in [6.45, 7) is 4.75. The van der Waals surface area contributed by atoms with E-state index in [0.717, 1.165) is 0 Å². The monoisotopic (exact) mass is 164 g/mol. The van der Waals surface area contributed by atoms with Crippen molar-refractivity contribution in [3.8, 4) is 0 Å².